The number of anilines is 1. The van der Waals surface area contributed by atoms with Crippen LogP contribution in [-0.4, -0.2) is 27.0 Å². The molecule has 2 amide bonds. The van der Waals surface area contributed by atoms with Gasteiger partial charge in [0, 0.05) is 6.07 Å². The molecule has 0 spiro atoms. The summed E-state index contributed by atoms with van der Waals surface area (Å²) in [6.45, 7) is 2.11. The van der Waals surface area contributed by atoms with Gasteiger partial charge >= 0.3 is 6.03 Å². The first-order valence-corrected chi connectivity index (χ1v) is 7.80. The molecule has 1 aliphatic heterocycles. The summed E-state index contributed by atoms with van der Waals surface area (Å²) in [4.78, 5) is 12.3. The summed E-state index contributed by atoms with van der Waals surface area (Å²) in [6, 6.07) is 10.2. The van der Waals surface area contributed by atoms with Crippen LogP contribution in [0.1, 0.15) is 18.5 Å². The summed E-state index contributed by atoms with van der Waals surface area (Å²) in [5.74, 6) is 2.56. The van der Waals surface area contributed by atoms with E-state index in [4.69, 9.17) is 18.9 Å². The Morgan fingerprint density at radius 1 is 1.08 bits per heavy atom. The van der Waals surface area contributed by atoms with Gasteiger partial charge in [-0.1, -0.05) is 6.07 Å². The molecule has 2 N–H and O–H groups in total. The molecular weight excluding hydrogens is 324 g/mol. The number of hydrogen-bond acceptors (Lipinski definition) is 5. The fraction of sp³-hybridized carbons (Fsp3) is 0.278. The lowest BCUT2D eigenvalue weighted by Crippen LogP contribution is -2.31. The Kier molecular flexibility index (Phi) is 4.83. The molecule has 0 saturated heterocycles. The first-order valence-electron chi connectivity index (χ1n) is 7.80. The topological polar surface area (TPSA) is 78.1 Å². The molecule has 0 unspecified atom stereocenters. The summed E-state index contributed by atoms with van der Waals surface area (Å²) in [5.41, 5.74) is 1.47. The van der Waals surface area contributed by atoms with E-state index in [9.17, 15) is 4.79 Å². The third-order valence-corrected chi connectivity index (χ3v) is 3.90. The van der Waals surface area contributed by atoms with Gasteiger partial charge in [-0.25, -0.2) is 4.79 Å². The van der Waals surface area contributed by atoms with Crippen molar-refractivity contribution in [3.8, 4) is 23.0 Å². The lowest BCUT2D eigenvalue weighted by Gasteiger charge is -2.17. The van der Waals surface area contributed by atoms with Gasteiger partial charge in [0.15, 0.2) is 11.5 Å². The SMILES string of the molecule is COc1ccc(NC(=O)N[C@H](C)c2ccc3c(c2)OCO3)c(OC)c1. The molecule has 0 saturated carbocycles. The Balaban J connectivity index is 1.66. The second kappa shape index (κ2) is 7.21. The van der Waals surface area contributed by atoms with Gasteiger partial charge in [-0.3, -0.25) is 0 Å². The van der Waals surface area contributed by atoms with Crippen LogP contribution in [-0.2, 0) is 0 Å². The predicted octanol–water partition coefficient (Wildman–Crippen LogP) is 3.32. The Morgan fingerprint density at radius 3 is 2.64 bits per heavy atom. The van der Waals surface area contributed by atoms with Gasteiger partial charge in [-0.05, 0) is 36.8 Å². The van der Waals surface area contributed by atoms with E-state index in [1.165, 1.54) is 7.11 Å². The molecule has 3 rings (SSSR count). The average Bonchev–Trinajstić information content (AvgIpc) is 3.09. The van der Waals surface area contributed by atoms with E-state index in [-0.39, 0.29) is 18.9 Å². The number of carbonyl (C=O) groups excluding carboxylic acids is 1. The van der Waals surface area contributed by atoms with Gasteiger partial charge < -0.3 is 29.6 Å². The minimum atomic E-state index is -0.339. The van der Waals surface area contributed by atoms with Crippen LogP contribution >= 0.6 is 0 Å². The summed E-state index contributed by atoms with van der Waals surface area (Å²) in [6.07, 6.45) is 0. The van der Waals surface area contributed by atoms with E-state index >= 15 is 0 Å². The highest BCUT2D eigenvalue weighted by Crippen LogP contribution is 2.34. The molecular formula is C18H20N2O5. The maximum Gasteiger partial charge on any atom is 0.319 e. The summed E-state index contributed by atoms with van der Waals surface area (Å²) in [7, 11) is 3.11. The molecule has 2 aromatic rings. The predicted molar refractivity (Wildman–Crippen MR) is 92.7 cm³/mol. The van der Waals surface area contributed by atoms with Gasteiger partial charge in [0.1, 0.15) is 11.5 Å². The van der Waals surface area contributed by atoms with Crippen molar-refractivity contribution in [2.24, 2.45) is 0 Å². The molecule has 1 atom stereocenters. The van der Waals surface area contributed by atoms with Crippen LogP contribution in [0.15, 0.2) is 36.4 Å². The number of benzene rings is 2. The van der Waals surface area contributed by atoms with Crippen molar-refractivity contribution in [3.63, 3.8) is 0 Å². The summed E-state index contributed by atoms with van der Waals surface area (Å²) >= 11 is 0. The van der Waals surface area contributed by atoms with Crippen LogP contribution in [0.4, 0.5) is 10.5 Å². The van der Waals surface area contributed by atoms with Crippen LogP contribution < -0.4 is 29.6 Å². The molecule has 2 aromatic carbocycles. The monoisotopic (exact) mass is 344 g/mol. The normalized spacial score (nSPS) is 13.1. The van der Waals surface area contributed by atoms with E-state index in [1.54, 1.807) is 25.3 Å². The number of hydrogen-bond donors (Lipinski definition) is 2. The van der Waals surface area contributed by atoms with E-state index in [0.717, 1.165) is 5.56 Å². The molecule has 25 heavy (non-hydrogen) atoms. The van der Waals surface area contributed by atoms with Crippen LogP contribution in [0.25, 0.3) is 0 Å². The van der Waals surface area contributed by atoms with Crippen molar-refractivity contribution >= 4 is 11.7 Å². The van der Waals surface area contributed by atoms with E-state index in [1.807, 2.05) is 25.1 Å². The Bertz CT molecular complexity index is 778. The molecule has 132 valence electrons. The number of rotatable bonds is 5. The maximum absolute atomic E-state index is 12.3. The largest absolute Gasteiger partial charge is 0.497 e. The van der Waals surface area contributed by atoms with Gasteiger partial charge in [0.2, 0.25) is 6.79 Å². The van der Waals surface area contributed by atoms with E-state index in [0.29, 0.717) is 28.7 Å². The van der Waals surface area contributed by atoms with Gasteiger partial charge in [-0.2, -0.15) is 0 Å². The summed E-state index contributed by atoms with van der Waals surface area (Å²) in [5, 5.41) is 5.66. The van der Waals surface area contributed by atoms with Crippen molar-refractivity contribution in [1.29, 1.82) is 0 Å². The third-order valence-electron chi connectivity index (χ3n) is 3.90. The summed E-state index contributed by atoms with van der Waals surface area (Å²) < 4.78 is 21.1. The zero-order valence-electron chi connectivity index (χ0n) is 14.3. The quantitative estimate of drug-likeness (QED) is 0.870. The lowest BCUT2D eigenvalue weighted by atomic mass is 10.1. The van der Waals surface area contributed by atoms with Crippen LogP contribution in [0.3, 0.4) is 0 Å². The third kappa shape index (κ3) is 3.71. The molecule has 7 nitrogen and oxygen atoms in total. The van der Waals surface area contributed by atoms with Crippen molar-refractivity contribution in [2.45, 2.75) is 13.0 Å². The Hall–Kier alpha value is -3.09. The standard InChI is InChI=1S/C18H20N2O5/c1-11(12-4-7-15-17(8-12)25-10-24-15)19-18(21)20-14-6-5-13(22-2)9-16(14)23-3/h4-9,11H,10H2,1-3H3,(H2,19,20,21)/t11-/m1/s1. The molecule has 0 bridgehead atoms. The van der Waals surface area contributed by atoms with Gasteiger partial charge in [0.05, 0.1) is 25.9 Å². The minimum absolute atomic E-state index is 0.209. The number of fused-ring (bicyclic) bond motifs is 1. The van der Waals surface area contributed by atoms with E-state index in [2.05, 4.69) is 10.6 Å². The van der Waals surface area contributed by atoms with Gasteiger partial charge in [-0.15, -0.1) is 0 Å². The fourth-order valence-electron chi connectivity index (χ4n) is 2.52. The molecule has 1 heterocycles. The first kappa shape index (κ1) is 16.8. The number of urea groups is 1. The van der Waals surface area contributed by atoms with Crippen LogP contribution in [0.5, 0.6) is 23.0 Å². The molecule has 0 fully saturated rings. The van der Waals surface area contributed by atoms with Crippen LogP contribution in [0.2, 0.25) is 0 Å². The minimum Gasteiger partial charge on any atom is -0.497 e. The first-order chi connectivity index (χ1) is 12.1. The smallest absolute Gasteiger partial charge is 0.319 e. The molecule has 0 radical (unpaired) electrons. The van der Waals surface area contributed by atoms with Crippen molar-refractivity contribution in [3.05, 3.63) is 42.0 Å². The number of nitrogens with one attached hydrogen (secondary N) is 2. The average molecular weight is 344 g/mol. The number of carbonyl (C=O) groups is 1. The molecule has 7 heteroatoms. The second-order valence-corrected chi connectivity index (χ2v) is 5.50. The van der Waals surface area contributed by atoms with Gasteiger partial charge in [0.25, 0.3) is 0 Å². The highest BCUT2D eigenvalue weighted by atomic mass is 16.7. The number of ether oxygens (including phenoxy) is 4. The molecule has 0 aliphatic carbocycles. The maximum atomic E-state index is 12.3. The van der Waals surface area contributed by atoms with Crippen molar-refractivity contribution in [2.75, 3.05) is 26.3 Å². The Morgan fingerprint density at radius 2 is 1.88 bits per heavy atom. The second-order valence-electron chi connectivity index (χ2n) is 5.50. The fourth-order valence-corrected chi connectivity index (χ4v) is 2.52. The Labute approximate surface area is 145 Å². The zero-order valence-corrected chi connectivity index (χ0v) is 14.3. The number of methoxy groups -OCH3 is 2. The van der Waals surface area contributed by atoms with Crippen LogP contribution in [0, 0.1) is 0 Å². The highest BCUT2D eigenvalue weighted by molar-refractivity contribution is 5.91. The number of amides is 2. The highest BCUT2D eigenvalue weighted by Gasteiger charge is 2.17. The zero-order chi connectivity index (χ0) is 17.8. The molecule has 0 aromatic heterocycles. The van der Waals surface area contributed by atoms with Crippen molar-refractivity contribution in [1.82, 2.24) is 5.32 Å². The lowest BCUT2D eigenvalue weighted by molar-refractivity contribution is 0.174. The molecule has 1 aliphatic rings. The van der Waals surface area contributed by atoms with E-state index < -0.39 is 0 Å². The van der Waals surface area contributed by atoms with Crippen molar-refractivity contribution < 1.29 is 23.7 Å².